The van der Waals surface area contributed by atoms with Crippen LogP contribution in [0.3, 0.4) is 0 Å². The van der Waals surface area contributed by atoms with Crippen LogP contribution in [0, 0.1) is 5.82 Å². The average molecular weight is 483 g/mol. The van der Waals surface area contributed by atoms with E-state index in [-0.39, 0.29) is 29.9 Å². The Morgan fingerprint density at radius 2 is 2.06 bits per heavy atom. The Balaban J connectivity index is 1.70. The molecule has 0 spiro atoms. The summed E-state index contributed by atoms with van der Waals surface area (Å²) in [5.74, 6) is 2.53. The van der Waals surface area contributed by atoms with E-state index >= 15 is 0 Å². The van der Waals surface area contributed by atoms with Gasteiger partial charge in [0, 0.05) is 12.0 Å². The summed E-state index contributed by atoms with van der Waals surface area (Å²) in [6, 6.07) is 4.00. The molecule has 2 aliphatic rings. The van der Waals surface area contributed by atoms with Crippen molar-refractivity contribution in [2.24, 2.45) is 10.7 Å². The minimum absolute atomic E-state index is 0.0746. The number of carbonyl (C=O) groups excluding carboxylic acids is 1. The van der Waals surface area contributed by atoms with E-state index in [9.17, 15) is 26.6 Å². The summed E-state index contributed by atoms with van der Waals surface area (Å²) >= 11 is 0. The first kappa shape index (κ1) is 23.3. The molecule has 2 bridgehead atoms. The first-order valence-corrected chi connectivity index (χ1v) is 11.9. The van der Waals surface area contributed by atoms with Crippen molar-refractivity contribution in [2.45, 2.75) is 48.1 Å². The Labute approximate surface area is 188 Å². The van der Waals surface area contributed by atoms with Gasteiger partial charge in [0.15, 0.2) is 5.78 Å². The highest BCUT2D eigenvalue weighted by molar-refractivity contribution is 8.03. The first-order chi connectivity index (χ1) is 15.5. The van der Waals surface area contributed by atoms with E-state index in [1.807, 2.05) is 0 Å². The van der Waals surface area contributed by atoms with Gasteiger partial charge in [-0.2, -0.15) is 0 Å². The van der Waals surface area contributed by atoms with Crippen LogP contribution in [0.25, 0.3) is 0 Å². The molecule has 11 heteroatoms. The van der Waals surface area contributed by atoms with Crippen molar-refractivity contribution in [3.63, 3.8) is 0 Å². The average Bonchev–Trinajstić information content (AvgIpc) is 2.98. The number of fused-ring (bicyclic) bond motifs is 2. The molecule has 3 heterocycles. The molecule has 2 aromatic rings. The normalized spacial score (nSPS) is 31.0. The van der Waals surface area contributed by atoms with E-state index in [1.54, 1.807) is 6.92 Å². The summed E-state index contributed by atoms with van der Waals surface area (Å²) in [7, 11) is -3.10. The van der Waals surface area contributed by atoms with Crippen LogP contribution >= 0.6 is 0 Å². The first-order valence-electron chi connectivity index (χ1n) is 10.2. The number of halogens is 4. The van der Waals surface area contributed by atoms with Crippen LogP contribution < -0.4 is 5.73 Å². The number of carbonyl (C=O) groups is 1. The number of alkyl halides is 3. The molecule has 4 atom stereocenters. The van der Waals surface area contributed by atoms with Crippen LogP contribution in [0.1, 0.15) is 53.5 Å². The van der Waals surface area contributed by atoms with Crippen LogP contribution in [-0.2, 0) is 21.5 Å². The van der Waals surface area contributed by atoms with Crippen LogP contribution in [0.15, 0.2) is 35.6 Å². The number of aliphatic imine (C=N–C) groups is 1. The summed E-state index contributed by atoms with van der Waals surface area (Å²) in [6.45, 7) is 0.626. The monoisotopic (exact) mass is 482 g/mol. The van der Waals surface area contributed by atoms with Crippen molar-refractivity contribution in [1.82, 2.24) is 9.97 Å². The lowest BCUT2D eigenvalue weighted by Crippen LogP contribution is -2.58. The Morgan fingerprint density at radius 3 is 2.67 bits per heavy atom. The molecular formula is C22H22F4N4O2S. The molecule has 2 N–H and O–H groups in total. The molecule has 1 aromatic heterocycles. The highest BCUT2D eigenvalue weighted by Crippen LogP contribution is 2.51. The fraction of sp³-hybridized carbons (Fsp3) is 0.409. The van der Waals surface area contributed by atoms with Crippen molar-refractivity contribution in [1.29, 1.82) is 0 Å². The van der Waals surface area contributed by atoms with E-state index in [0.717, 1.165) is 18.5 Å². The third kappa shape index (κ3) is 3.44. The van der Waals surface area contributed by atoms with Gasteiger partial charge in [0.05, 0.1) is 17.6 Å². The maximum atomic E-state index is 15.0. The van der Waals surface area contributed by atoms with Crippen molar-refractivity contribution >= 4 is 27.0 Å². The van der Waals surface area contributed by atoms with E-state index in [4.69, 9.17) is 5.73 Å². The van der Waals surface area contributed by atoms with Crippen molar-refractivity contribution in [2.75, 3.05) is 6.67 Å². The Kier molecular flexibility index (Phi) is 5.58. The van der Waals surface area contributed by atoms with Crippen molar-refractivity contribution in [3.05, 3.63) is 58.9 Å². The molecule has 0 amide bonds. The summed E-state index contributed by atoms with van der Waals surface area (Å²) in [5, 5.41) is -0.735. The third-order valence-electron chi connectivity index (χ3n) is 6.72. The molecule has 1 aromatic carbocycles. The summed E-state index contributed by atoms with van der Waals surface area (Å²) < 4.78 is 66.3. The Hall–Kier alpha value is -2.82. The molecule has 6 nitrogen and oxygen atoms in total. The zero-order valence-electron chi connectivity index (χ0n) is 17.7. The lowest BCUT2D eigenvalue weighted by Gasteiger charge is -2.42. The predicted octanol–water partition coefficient (Wildman–Crippen LogP) is 3.15. The van der Waals surface area contributed by atoms with Gasteiger partial charge in [0.25, 0.3) is 6.43 Å². The quantitative estimate of drug-likeness (QED) is 0.388. The van der Waals surface area contributed by atoms with Gasteiger partial charge in [-0.15, -0.1) is 0 Å². The topological polar surface area (TPSA) is 98.3 Å². The SMILES string of the molecule is C=S1(=O)[C@H]2CC[C@]1(CF)C(N)=N[C@]2(C)c1cc(CC(=O)c2cnc(C(F)F)cn2)ccc1F. The number of nitrogens with two attached hydrogens (primary N) is 1. The minimum atomic E-state index is -3.10. The molecule has 2 aliphatic heterocycles. The number of amidine groups is 1. The summed E-state index contributed by atoms with van der Waals surface area (Å²) in [5.41, 5.74) is 4.53. The molecule has 1 saturated heterocycles. The minimum Gasteiger partial charge on any atom is -0.386 e. The molecular weight excluding hydrogens is 460 g/mol. The lowest BCUT2D eigenvalue weighted by molar-refractivity contribution is 0.0986. The molecule has 0 saturated carbocycles. The second-order valence-electron chi connectivity index (χ2n) is 8.57. The highest BCUT2D eigenvalue weighted by atomic mass is 32.2. The summed E-state index contributed by atoms with van der Waals surface area (Å²) in [4.78, 5) is 24.3. The molecule has 1 unspecified atom stereocenters. The third-order valence-corrected chi connectivity index (χ3v) is 10.2. The number of ketones is 1. The van der Waals surface area contributed by atoms with Gasteiger partial charge >= 0.3 is 0 Å². The number of Topliss-reactive ketones (excluding diaryl/α,β-unsaturated/α-hetero) is 1. The van der Waals surface area contributed by atoms with Crippen molar-refractivity contribution < 1.29 is 26.6 Å². The van der Waals surface area contributed by atoms with E-state index < -0.39 is 55.5 Å². The van der Waals surface area contributed by atoms with Crippen LogP contribution in [0.4, 0.5) is 17.6 Å². The van der Waals surface area contributed by atoms with Gasteiger partial charge in [-0.3, -0.25) is 19.0 Å². The lowest BCUT2D eigenvalue weighted by atomic mass is 9.85. The van der Waals surface area contributed by atoms with Crippen LogP contribution in [0.5, 0.6) is 0 Å². The van der Waals surface area contributed by atoms with Gasteiger partial charge in [0.1, 0.15) is 40.0 Å². The predicted molar refractivity (Wildman–Crippen MR) is 117 cm³/mol. The number of rotatable bonds is 6. The number of nitrogens with zero attached hydrogens (tertiary/aromatic N) is 3. The fourth-order valence-electron chi connectivity index (χ4n) is 4.78. The molecule has 0 radical (unpaired) electrons. The number of benzene rings is 1. The Morgan fingerprint density at radius 1 is 1.33 bits per heavy atom. The zero-order chi connectivity index (χ0) is 24.2. The van der Waals surface area contributed by atoms with Crippen molar-refractivity contribution in [3.8, 4) is 0 Å². The molecule has 4 rings (SSSR count). The molecule has 33 heavy (non-hydrogen) atoms. The second kappa shape index (κ2) is 7.89. The van der Waals surface area contributed by atoms with E-state index in [1.165, 1.54) is 12.1 Å². The molecule has 176 valence electrons. The maximum Gasteiger partial charge on any atom is 0.281 e. The van der Waals surface area contributed by atoms with E-state index in [2.05, 4.69) is 20.8 Å². The van der Waals surface area contributed by atoms with Gasteiger partial charge in [-0.1, -0.05) is 6.07 Å². The number of hydrogen-bond donors (Lipinski definition) is 1. The Bertz CT molecular complexity index is 1250. The maximum absolute atomic E-state index is 15.0. The smallest absolute Gasteiger partial charge is 0.281 e. The van der Waals surface area contributed by atoms with Gasteiger partial charge in [-0.25, -0.2) is 22.5 Å². The molecule has 0 aliphatic carbocycles. The van der Waals surface area contributed by atoms with E-state index in [0.29, 0.717) is 12.0 Å². The number of hydrogen-bond acceptors (Lipinski definition) is 6. The van der Waals surface area contributed by atoms with Crippen LogP contribution in [0.2, 0.25) is 0 Å². The van der Waals surface area contributed by atoms with Gasteiger partial charge in [0.2, 0.25) is 0 Å². The second-order valence-corrected chi connectivity index (χ2v) is 11.4. The largest absolute Gasteiger partial charge is 0.386 e. The zero-order valence-corrected chi connectivity index (χ0v) is 18.5. The number of aromatic nitrogens is 2. The summed E-state index contributed by atoms with van der Waals surface area (Å²) in [6.07, 6.45) is -0.702. The van der Waals surface area contributed by atoms with Crippen LogP contribution in [-0.4, -0.2) is 48.3 Å². The fourth-order valence-corrected chi connectivity index (χ4v) is 7.79. The van der Waals surface area contributed by atoms with Gasteiger partial charge < -0.3 is 5.73 Å². The van der Waals surface area contributed by atoms with Gasteiger partial charge in [-0.05, 0) is 52.9 Å². The molecule has 1 fully saturated rings. The highest BCUT2D eigenvalue weighted by Gasteiger charge is 2.61. The standard InChI is InChI=1S/C22H22F4N4O2S/c1-21(18-5-6-22(11-23,20(27)30-21)33(18,2)32)13-7-12(3-4-14(13)24)8-17(31)15-9-29-16(10-28-15)19(25)26/h3-4,7,9-10,18-19H,2,5-6,8,11H2,1H3,(H2,27,30)/t18-,21+,22-,33?/m0/s1.